The van der Waals surface area contributed by atoms with Crippen LogP contribution in [0.15, 0.2) is 66.7 Å². The van der Waals surface area contributed by atoms with Gasteiger partial charge in [0.25, 0.3) is 0 Å². The van der Waals surface area contributed by atoms with Gasteiger partial charge in [-0.15, -0.1) is 0 Å². The SMILES string of the molecule is Cc1ccc(-n2nc(C(C)(C)C)cc2NC(=O)Nc2ccc(OCCC3CCSC3=O)c3ccccc23)cc1. The summed E-state index contributed by atoms with van der Waals surface area (Å²) >= 11 is 1.42. The van der Waals surface area contributed by atoms with Crippen LogP contribution in [0.2, 0.25) is 0 Å². The zero-order valence-corrected chi connectivity index (χ0v) is 23.6. The molecule has 0 bridgehead atoms. The predicted molar refractivity (Wildman–Crippen MR) is 159 cm³/mol. The summed E-state index contributed by atoms with van der Waals surface area (Å²) in [6.07, 6.45) is 1.64. The number of hydrogen-bond acceptors (Lipinski definition) is 5. The highest BCUT2D eigenvalue weighted by atomic mass is 32.2. The van der Waals surface area contributed by atoms with E-state index in [0.29, 0.717) is 24.5 Å². The second-order valence-electron chi connectivity index (χ2n) is 10.9. The van der Waals surface area contributed by atoms with Crippen molar-refractivity contribution < 1.29 is 14.3 Å². The summed E-state index contributed by atoms with van der Waals surface area (Å²) < 4.78 is 7.86. The predicted octanol–water partition coefficient (Wildman–Crippen LogP) is 7.32. The van der Waals surface area contributed by atoms with E-state index in [-0.39, 0.29) is 22.5 Å². The molecule has 4 aromatic rings. The normalized spacial score (nSPS) is 15.5. The molecule has 1 aliphatic rings. The lowest BCUT2D eigenvalue weighted by molar-refractivity contribution is -0.114. The molecule has 1 saturated heterocycles. The van der Waals surface area contributed by atoms with Gasteiger partial charge in [0.15, 0.2) is 5.12 Å². The van der Waals surface area contributed by atoms with Crippen molar-refractivity contribution in [1.82, 2.24) is 9.78 Å². The fraction of sp³-hybridized carbons (Fsp3) is 0.323. The van der Waals surface area contributed by atoms with E-state index in [1.165, 1.54) is 11.8 Å². The number of aromatic nitrogens is 2. The smallest absolute Gasteiger partial charge is 0.324 e. The molecule has 1 aliphatic heterocycles. The molecule has 1 atom stereocenters. The number of rotatable bonds is 7. The number of ether oxygens (including phenoxy) is 1. The first-order chi connectivity index (χ1) is 18.7. The summed E-state index contributed by atoms with van der Waals surface area (Å²) in [5.41, 5.74) is 3.40. The Labute approximate surface area is 233 Å². The maximum absolute atomic E-state index is 13.2. The van der Waals surface area contributed by atoms with Gasteiger partial charge in [0.05, 0.1) is 23.7 Å². The summed E-state index contributed by atoms with van der Waals surface area (Å²) in [7, 11) is 0. The largest absolute Gasteiger partial charge is 0.493 e. The van der Waals surface area contributed by atoms with Crippen molar-refractivity contribution in [3.05, 3.63) is 78.0 Å². The number of fused-ring (bicyclic) bond motifs is 1. The van der Waals surface area contributed by atoms with Crippen LogP contribution in [0, 0.1) is 12.8 Å². The quantitative estimate of drug-likeness (QED) is 0.255. The van der Waals surface area contributed by atoms with Gasteiger partial charge in [-0.3, -0.25) is 10.1 Å². The highest BCUT2D eigenvalue weighted by Gasteiger charge is 2.25. The molecular weight excluding hydrogens is 508 g/mol. The van der Waals surface area contributed by atoms with E-state index < -0.39 is 0 Å². The number of carbonyl (C=O) groups is 2. The molecule has 1 unspecified atom stereocenters. The summed E-state index contributed by atoms with van der Waals surface area (Å²) in [6, 6.07) is 21.1. The van der Waals surface area contributed by atoms with Crippen molar-refractivity contribution in [2.24, 2.45) is 5.92 Å². The van der Waals surface area contributed by atoms with E-state index in [0.717, 1.165) is 45.6 Å². The van der Waals surface area contributed by atoms with Crippen molar-refractivity contribution >= 4 is 45.2 Å². The lowest BCUT2D eigenvalue weighted by Gasteiger charge is -2.15. The van der Waals surface area contributed by atoms with Crippen molar-refractivity contribution in [2.75, 3.05) is 23.0 Å². The monoisotopic (exact) mass is 542 g/mol. The molecule has 1 fully saturated rings. The van der Waals surface area contributed by atoms with Crippen LogP contribution in [0.4, 0.5) is 16.3 Å². The van der Waals surface area contributed by atoms with Crippen molar-refractivity contribution in [3.8, 4) is 11.4 Å². The third-order valence-electron chi connectivity index (χ3n) is 6.90. The topological polar surface area (TPSA) is 85.2 Å². The summed E-state index contributed by atoms with van der Waals surface area (Å²) in [6.45, 7) is 8.81. The van der Waals surface area contributed by atoms with E-state index in [4.69, 9.17) is 9.84 Å². The molecule has 1 aromatic heterocycles. The van der Waals surface area contributed by atoms with Gasteiger partial charge in [0.1, 0.15) is 11.6 Å². The Morgan fingerprint density at radius 1 is 1.05 bits per heavy atom. The van der Waals surface area contributed by atoms with Gasteiger partial charge in [0, 0.05) is 33.9 Å². The first kappa shape index (κ1) is 26.8. The highest BCUT2D eigenvalue weighted by Crippen LogP contribution is 2.33. The molecule has 39 heavy (non-hydrogen) atoms. The second-order valence-corrected chi connectivity index (χ2v) is 12.0. The first-order valence-electron chi connectivity index (χ1n) is 13.3. The average Bonchev–Trinajstić information content (AvgIpc) is 3.52. The zero-order chi connectivity index (χ0) is 27.6. The van der Waals surface area contributed by atoms with E-state index in [2.05, 4.69) is 31.4 Å². The number of amides is 2. The van der Waals surface area contributed by atoms with Gasteiger partial charge in [0.2, 0.25) is 0 Å². The summed E-state index contributed by atoms with van der Waals surface area (Å²) in [5, 5.41) is 12.9. The van der Waals surface area contributed by atoms with Crippen molar-refractivity contribution in [1.29, 1.82) is 0 Å². The van der Waals surface area contributed by atoms with Crippen LogP contribution in [0.5, 0.6) is 5.75 Å². The van der Waals surface area contributed by atoms with Crippen LogP contribution in [0.25, 0.3) is 16.5 Å². The molecular formula is C31H34N4O3S. The fourth-order valence-corrected chi connectivity index (χ4v) is 5.68. The molecule has 0 saturated carbocycles. The lowest BCUT2D eigenvalue weighted by Crippen LogP contribution is -2.21. The van der Waals surface area contributed by atoms with Crippen molar-refractivity contribution in [2.45, 2.75) is 46.0 Å². The minimum Gasteiger partial charge on any atom is -0.493 e. The molecule has 2 amide bonds. The molecule has 7 nitrogen and oxygen atoms in total. The number of anilines is 2. The van der Waals surface area contributed by atoms with Crippen molar-refractivity contribution in [3.63, 3.8) is 0 Å². The van der Waals surface area contributed by atoms with Crippen LogP contribution < -0.4 is 15.4 Å². The van der Waals surface area contributed by atoms with Gasteiger partial charge in [-0.1, -0.05) is 74.5 Å². The molecule has 0 spiro atoms. The highest BCUT2D eigenvalue weighted by molar-refractivity contribution is 8.14. The Kier molecular flexibility index (Phi) is 7.66. The van der Waals surface area contributed by atoms with E-state index in [1.807, 2.05) is 73.7 Å². The average molecular weight is 543 g/mol. The minimum absolute atomic E-state index is 0.0815. The van der Waals surface area contributed by atoms with Gasteiger partial charge in [-0.2, -0.15) is 5.10 Å². The van der Waals surface area contributed by atoms with Crippen LogP contribution >= 0.6 is 11.8 Å². The Balaban J connectivity index is 1.34. The Morgan fingerprint density at radius 3 is 2.49 bits per heavy atom. The summed E-state index contributed by atoms with van der Waals surface area (Å²) in [4.78, 5) is 25.2. The van der Waals surface area contributed by atoms with Gasteiger partial charge >= 0.3 is 6.03 Å². The molecule has 202 valence electrons. The Morgan fingerprint density at radius 2 is 1.79 bits per heavy atom. The van der Waals surface area contributed by atoms with Crippen LogP contribution in [-0.2, 0) is 10.2 Å². The molecule has 3 aromatic carbocycles. The number of urea groups is 1. The van der Waals surface area contributed by atoms with Gasteiger partial charge in [-0.05, 0) is 44.0 Å². The third kappa shape index (κ3) is 6.11. The zero-order valence-electron chi connectivity index (χ0n) is 22.8. The number of nitrogens with one attached hydrogen (secondary N) is 2. The number of thioether (sulfide) groups is 1. The standard InChI is InChI=1S/C31H34N4O3S/c1-20-9-11-22(12-10-20)35-28(19-27(34-35)31(2,3)4)33-30(37)32-25-13-14-26(24-8-6-5-7-23(24)25)38-17-15-21-16-18-39-29(21)36/h5-14,19,21H,15-18H2,1-4H3,(H2,32,33,37). The second kappa shape index (κ2) is 11.1. The minimum atomic E-state index is -0.361. The van der Waals surface area contributed by atoms with Crippen LogP contribution in [0.3, 0.4) is 0 Å². The molecule has 2 N–H and O–H groups in total. The Hall–Kier alpha value is -3.78. The van der Waals surface area contributed by atoms with E-state index in [1.54, 1.807) is 4.68 Å². The van der Waals surface area contributed by atoms with Gasteiger partial charge < -0.3 is 10.1 Å². The third-order valence-corrected chi connectivity index (χ3v) is 7.96. The van der Waals surface area contributed by atoms with Crippen LogP contribution in [-0.4, -0.2) is 33.3 Å². The maximum atomic E-state index is 13.2. The molecule has 5 rings (SSSR count). The number of hydrogen-bond donors (Lipinski definition) is 2. The van der Waals surface area contributed by atoms with Crippen LogP contribution in [0.1, 0.15) is 44.9 Å². The molecule has 0 aliphatic carbocycles. The number of carbonyl (C=O) groups excluding carboxylic acids is 2. The Bertz CT molecular complexity index is 1500. The summed E-state index contributed by atoms with van der Waals surface area (Å²) in [5.74, 6) is 2.31. The molecule has 0 radical (unpaired) electrons. The van der Waals surface area contributed by atoms with E-state index in [9.17, 15) is 9.59 Å². The first-order valence-corrected chi connectivity index (χ1v) is 14.2. The maximum Gasteiger partial charge on any atom is 0.324 e. The number of nitrogens with zero attached hydrogens (tertiary/aromatic N) is 2. The van der Waals surface area contributed by atoms with Gasteiger partial charge in [-0.25, -0.2) is 9.48 Å². The number of aryl methyl sites for hydroxylation is 1. The van der Waals surface area contributed by atoms with E-state index >= 15 is 0 Å². The fourth-order valence-electron chi connectivity index (χ4n) is 4.61. The number of benzene rings is 3. The molecule has 8 heteroatoms. The lowest BCUT2D eigenvalue weighted by atomic mass is 9.92. The molecule has 2 heterocycles.